The minimum Gasteiger partial charge on any atom is -0.478 e. The fourth-order valence-corrected chi connectivity index (χ4v) is 2.62. The van der Waals surface area contributed by atoms with Crippen molar-refractivity contribution in [1.29, 1.82) is 0 Å². The van der Waals surface area contributed by atoms with Crippen molar-refractivity contribution < 1.29 is 9.90 Å². The topological polar surface area (TPSA) is 53.1 Å². The standard InChI is InChI=1S/C13H9NO2S/c15-13(16)10-7-14-11-4-3-8(6-9(10)11)12-2-1-5-17-12/h1-7,14H,(H,15,16). The molecular formula is C13H9NO2S. The lowest BCUT2D eigenvalue weighted by Crippen LogP contribution is -1.93. The molecule has 0 fully saturated rings. The third-order valence-electron chi connectivity index (χ3n) is 2.72. The van der Waals surface area contributed by atoms with Gasteiger partial charge in [-0.25, -0.2) is 4.79 Å². The highest BCUT2D eigenvalue weighted by Crippen LogP contribution is 2.29. The number of carboxylic acids is 1. The van der Waals surface area contributed by atoms with Crippen molar-refractivity contribution in [3.05, 3.63) is 47.5 Å². The number of aromatic carboxylic acids is 1. The van der Waals surface area contributed by atoms with Gasteiger partial charge in [0.25, 0.3) is 0 Å². The quantitative estimate of drug-likeness (QED) is 0.722. The van der Waals surface area contributed by atoms with Crippen LogP contribution in [0.15, 0.2) is 41.9 Å². The van der Waals surface area contributed by atoms with Crippen molar-refractivity contribution in [3.63, 3.8) is 0 Å². The summed E-state index contributed by atoms with van der Waals surface area (Å²) >= 11 is 1.64. The second-order valence-electron chi connectivity index (χ2n) is 3.75. The Kier molecular flexibility index (Phi) is 2.23. The summed E-state index contributed by atoms with van der Waals surface area (Å²) in [6, 6.07) is 9.84. The third kappa shape index (κ3) is 1.62. The number of hydrogen-bond donors (Lipinski definition) is 2. The molecule has 2 N–H and O–H groups in total. The van der Waals surface area contributed by atoms with Crippen molar-refractivity contribution in [2.45, 2.75) is 0 Å². The molecule has 4 heteroatoms. The van der Waals surface area contributed by atoms with Crippen molar-refractivity contribution in [3.8, 4) is 10.4 Å². The van der Waals surface area contributed by atoms with E-state index < -0.39 is 5.97 Å². The summed E-state index contributed by atoms with van der Waals surface area (Å²) in [5.41, 5.74) is 2.22. The highest BCUT2D eigenvalue weighted by molar-refractivity contribution is 7.13. The maximum Gasteiger partial charge on any atom is 0.337 e. The van der Waals surface area contributed by atoms with E-state index in [0.717, 1.165) is 21.3 Å². The smallest absolute Gasteiger partial charge is 0.337 e. The van der Waals surface area contributed by atoms with E-state index in [1.165, 1.54) is 6.20 Å². The largest absolute Gasteiger partial charge is 0.478 e. The highest BCUT2D eigenvalue weighted by Gasteiger charge is 2.11. The van der Waals surface area contributed by atoms with Crippen molar-refractivity contribution in [2.75, 3.05) is 0 Å². The number of thiophene rings is 1. The predicted molar refractivity (Wildman–Crippen MR) is 68.6 cm³/mol. The minimum absolute atomic E-state index is 0.318. The molecule has 0 aliphatic heterocycles. The first-order valence-corrected chi connectivity index (χ1v) is 6.02. The Morgan fingerprint density at radius 3 is 2.88 bits per heavy atom. The summed E-state index contributed by atoms with van der Waals surface area (Å²) < 4.78 is 0. The number of hydrogen-bond acceptors (Lipinski definition) is 2. The molecule has 3 rings (SSSR count). The summed E-state index contributed by atoms with van der Waals surface area (Å²) in [6.45, 7) is 0. The average Bonchev–Trinajstić information content (AvgIpc) is 2.97. The molecule has 2 aromatic heterocycles. The maximum absolute atomic E-state index is 11.1. The van der Waals surface area contributed by atoms with Gasteiger partial charge < -0.3 is 10.1 Å². The number of aromatic nitrogens is 1. The average molecular weight is 243 g/mol. The van der Waals surface area contributed by atoms with Crippen molar-refractivity contribution in [1.82, 2.24) is 4.98 Å². The van der Waals surface area contributed by atoms with Crippen LogP contribution in [0.25, 0.3) is 21.3 Å². The van der Waals surface area contributed by atoms with Gasteiger partial charge >= 0.3 is 5.97 Å². The van der Waals surface area contributed by atoms with Gasteiger partial charge in [-0.3, -0.25) is 0 Å². The molecule has 2 heterocycles. The lowest BCUT2D eigenvalue weighted by molar-refractivity contribution is 0.0699. The zero-order valence-electron chi connectivity index (χ0n) is 8.81. The Bertz CT molecular complexity index is 683. The molecule has 0 amide bonds. The fraction of sp³-hybridized carbons (Fsp3) is 0. The molecule has 0 atom stereocenters. The molecule has 3 nitrogen and oxygen atoms in total. The summed E-state index contributed by atoms with van der Waals surface area (Å²) in [4.78, 5) is 15.2. The van der Waals surface area contributed by atoms with Crippen LogP contribution >= 0.6 is 11.3 Å². The predicted octanol–water partition coefficient (Wildman–Crippen LogP) is 3.59. The Labute approximate surface area is 101 Å². The Hall–Kier alpha value is -2.07. The number of H-pyrrole nitrogens is 1. The number of rotatable bonds is 2. The van der Waals surface area contributed by atoms with E-state index in [2.05, 4.69) is 4.98 Å². The van der Waals surface area contributed by atoms with E-state index in [-0.39, 0.29) is 0 Å². The molecule has 1 aromatic carbocycles. The second-order valence-corrected chi connectivity index (χ2v) is 4.69. The monoisotopic (exact) mass is 243 g/mol. The van der Waals surface area contributed by atoms with E-state index in [1.54, 1.807) is 11.3 Å². The van der Waals surface area contributed by atoms with Gasteiger partial charge in [-0.05, 0) is 29.1 Å². The van der Waals surface area contributed by atoms with Gasteiger partial charge in [0, 0.05) is 22.0 Å². The zero-order chi connectivity index (χ0) is 11.8. The molecule has 84 valence electrons. The van der Waals surface area contributed by atoms with Crippen LogP contribution in [0.5, 0.6) is 0 Å². The first-order chi connectivity index (χ1) is 8.25. The van der Waals surface area contributed by atoms with E-state index in [0.29, 0.717) is 5.56 Å². The Morgan fingerprint density at radius 1 is 1.29 bits per heavy atom. The normalized spacial score (nSPS) is 10.8. The van der Waals surface area contributed by atoms with Crippen LogP contribution in [0.4, 0.5) is 0 Å². The van der Waals surface area contributed by atoms with Gasteiger partial charge in [-0.2, -0.15) is 0 Å². The Balaban J connectivity index is 2.24. The second kappa shape index (κ2) is 3.75. The molecule has 0 saturated carbocycles. The van der Waals surface area contributed by atoms with Crippen LogP contribution in [0.3, 0.4) is 0 Å². The molecular weight excluding hydrogens is 234 g/mol. The number of aromatic amines is 1. The summed E-state index contributed by atoms with van der Waals surface area (Å²) in [5.74, 6) is -0.903. The summed E-state index contributed by atoms with van der Waals surface area (Å²) in [7, 11) is 0. The number of benzene rings is 1. The molecule has 0 bridgehead atoms. The van der Waals surface area contributed by atoms with E-state index >= 15 is 0 Å². The molecule has 0 aliphatic carbocycles. The lowest BCUT2D eigenvalue weighted by Gasteiger charge is -1.98. The van der Waals surface area contributed by atoms with Gasteiger partial charge in [0.2, 0.25) is 0 Å². The van der Waals surface area contributed by atoms with Gasteiger partial charge in [0.15, 0.2) is 0 Å². The highest BCUT2D eigenvalue weighted by atomic mass is 32.1. The summed E-state index contributed by atoms with van der Waals surface area (Å²) in [5, 5.41) is 11.8. The van der Waals surface area contributed by atoms with Crippen molar-refractivity contribution >= 4 is 28.2 Å². The van der Waals surface area contributed by atoms with E-state index in [4.69, 9.17) is 5.11 Å². The van der Waals surface area contributed by atoms with Crippen LogP contribution in [-0.2, 0) is 0 Å². The van der Waals surface area contributed by atoms with Gasteiger partial charge in [-0.1, -0.05) is 12.1 Å². The third-order valence-corrected chi connectivity index (χ3v) is 3.64. The molecule has 17 heavy (non-hydrogen) atoms. The van der Waals surface area contributed by atoms with Gasteiger partial charge in [0.05, 0.1) is 5.56 Å². The maximum atomic E-state index is 11.1. The number of carbonyl (C=O) groups is 1. The van der Waals surface area contributed by atoms with Gasteiger partial charge in [-0.15, -0.1) is 11.3 Å². The van der Waals surface area contributed by atoms with Crippen LogP contribution < -0.4 is 0 Å². The lowest BCUT2D eigenvalue weighted by atomic mass is 10.1. The van der Waals surface area contributed by atoms with Crippen LogP contribution in [0, 0.1) is 0 Å². The number of nitrogens with one attached hydrogen (secondary N) is 1. The van der Waals surface area contributed by atoms with E-state index in [9.17, 15) is 4.79 Å². The summed E-state index contributed by atoms with van der Waals surface area (Å²) in [6.07, 6.45) is 1.53. The SMILES string of the molecule is O=C(O)c1c[nH]c2ccc(-c3cccs3)cc12. The molecule has 0 unspecified atom stereocenters. The van der Waals surface area contributed by atoms with Crippen LogP contribution in [0.1, 0.15) is 10.4 Å². The van der Waals surface area contributed by atoms with Crippen molar-refractivity contribution in [2.24, 2.45) is 0 Å². The molecule has 0 radical (unpaired) electrons. The molecule has 0 spiro atoms. The number of fused-ring (bicyclic) bond motifs is 1. The first kappa shape index (κ1) is 10.1. The minimum atomic E-state index is -0.903. The molecule has 0 aliphatic rings. The Morgan fingerprint density at radius 2 is 2.18 bits per heavy atom. The molecule has 3 aromatic rings. The van der Waals surface area contributed by atoms with Crippen LogP contribution in [-0.4, -0.2) is 16.1 Å². The fourth-order valence-electron chi connectivity index (χ4n) is 1.89. The molecule has 0 saturated heterocycles. The first-order valence-electron chi connectivity index (χ1n) is 5.14. The zero-order valence-corrected chi connectivity index (χ0v) is 9.62. The van der Waals surface area contributed by atoms with E-state index in [1.807, 2.05) is 35.7 Å². The van der Waals surface area contributed by atoms with Gasteiger partial charge in [0.1, 0.15) is 0 Å². The number of carboxylic acid groups (broad SMARTS) is 1. The van der Waals surface area contributed by atoms with Crippen LogP contribution in [0.2, 0.25) is 0 Å².